The Kier molecular flexibility index (Phi) is 5.62. The number of carbonyl (C=O) groups is 2. The molecule has 0 aliphatic carbocycles. The van der Waals surface area contributed by atoms with Gasteiger partial charge in [-0.05, 0) is 30.5 Å². The van der Waals surface area contributed by atoms with E-state index in [9.17, 15) is 22.8 Å². The Labute approximate surface area is 153 Å². The molecule has 2 amide bonds. The quantitative estimate of drug-likeness (QED) is 0.860. The second-order valence-corrected chi connectivity index (χ2v) is 6.26. The van der Waals surface area contributed by atoms with E-state index in [2.05, 4.69) is 5.32 Å². The van der Waals surface area contributed by atoms with E-state index < -0.39 is 18.2 Å². The molecular formula is C17H19F3N2O5. The number of carbonyl (C=O) groups excluding carboxylic acids is 2. The first-order chi connectivity index (χ1) is 12.8. The minimum atomic E-state index is -4.87. The predicted molar refractivity (Wildman–Crippen MR) is 86.4 cm³/mol. The van der Waals surface area contributed by atoms with Crippen molar-refractivity contribution in [1.82, 2.24) is 10.2 Å². The summed E-state index contributed by atoms with van der Waals surface area (Å²) in [5.41, 5.74) is 0.722. The van der Waals surface area contributed by atoms with Crippen LogP contribution in [0.15, 0.2) is 18.2 Å². The van der Waals surface area contributed by atoms with E-state index in [-0.39, 0.29) is 38.6 Å². The Morgan fingerprint density at radius 3 is 2.48 bits per heavy atom. The van der Waals surface area contributed by atoms with Crippen molar-refractivity contribution in [2.24, 2.45) is 0 Å². The molecule has 1 N–H and O–H groups in total. The highest BCUT2D eigenvalue weighted by Crippen LogP contribution is 2.31. The van der Waals surface area contributed by atoms with Gasteiger partial charge in [0, 0.05) is 19.1 Å². The number of nitrogens with zero attached hydrogens (tertiary/aromatic N) is 1. The zero-order valence-electron chi connectivity index (χ0n) is 14.4. The van der Waals surface area contributed by atoms with E-state index in [4.69, 9.17) is 14.2 Å². The number of alkyl carbamates (subject to hydrolysis) is 1. The van der Waals surface area contributed by atoms with Crippen LogP contribution in [-0.2, 0) is 16.1 Å². The van der Waals surface area contributed by atoms with Crippen molar-refractivity contribution < 1.29 is 37.0 Å². The van der Waals surface area contributed by atoms with Crippen molar-refractivity contribution in [2.45, 2.75) is 31.7 Å². The third-order valence-electron chi connectivity index (χ3n) is 4.32. The molecule has 27 heavy (non-hydrogen) atoms. The zero-order chi connectivity index (χ0) is 19.4. The zero-order valence-corrected chi connectivity index (χ0v) is 14.4. The SMILES string of the molecule is O=C(NC1CCN(C(=O)C(F)(F)F)CC1)OCc1ccc2c(c1)OCCO2. The monoisotopic (exact) mass is 388 g/mol. The average Bonchev–Trinajstić information content (AvgIpc) is 2.65. The first-order valence-electron chi connectivity index (χ1n) is 8.51. The van der Waals surface area contributed by atoms with Crippen LogP contribution in [0.2, 0.25) is 0 Å². The molecule has 0 unspecified atom stereocenters. The fourth-order valence-electron chi connectivity index (χ4n) is 2.94. The lowest BCUT2D eigenvalue weighted by atomic mass is 10.1. The van der Waals surface area contributed by atoms with Gasteiger partial charge in [0.05, 0.1) is 0 Å². The third-order valence-corrected chi connectivity index (χ3v) is 4.32. The molecule has 148 valence electrons. The van der Waals surface area contributed by atoms with Crippen molar-refractivity contribution in [1.29, 1.82) is 0 Å². The predicted octanol–water partition coefficient (Wildman–Crippen LogP) is 2.24. The van der Waals surface area contributed by atoms with Gasteiger partial charge in [-0.3, -0.25) is 4.79 Å². The Bertz CT molecular complexity index is 702. The van der Waals surface area contributed by atoms with Crippen molar-refractivity contribution in [3.05, 3.63) is 23.8 Å². The van der Waals surface area contributed by atoms with Crippen molar-refractivity contribution in [3.63, 3.8) is 0 Å². The minimum absolute atomic E-state index is 0.0217. The largest absolute Gasteiger partial charge is 0.486 e. The molecule has 10 heteroatoms. The van der Waals surface area contributed by atoms with Gasteiger partial charge in [0.1, 0.15) is 19.8 Å². The summed E-state index contributed by atoms with van der Waals surface area (Å²) >= 11 is 0. The van der Waals surface area contributed by atoms with Crippen LogP contribution in [0.5, 0.6) is 11.5 Å². The standard InChI is InChI=1S/C17H19F3N2O5/c18-17(19,20)15(23)22-5-3-12(4-6-22)21-16(24)27-10-11-1-2-13-14(9-11)26-8-7-25-13/h1-2,9,12H,3-8,10H2,(H,21,24). The van der Waals surface area contributed by atoms with Crippen LogP contribution in [0.4, 0.5) is 18.0 Å². The Morgan fingerprint density at radius 2 is 1.81 bits per heavy atom. The second-order valence-electron chi connectivity index (χ2n) is 6.26. The molecule has 1 fully saturated rings. The molecule has 0 atom stereocenters. The van der Waals surface area contributed by atoms with Gasteiger partial charge in [-0.25, -0.2) is 4.79 Å². The number of hydrogen-bond donors (Lipinski definition) is 1. The van der Waals surface area contributed by atoms with Gasteiger partial charge in [0.15, 0.2) is 11.5 Å². The highest BCUT2D eigenvalue weighted by Gasteiger charge is 2.43. The minimum Gasteiger partial charge on any atom is -0.486 e. The lowest BCUT2D eigenvalue weighted by molar-refractivity contribution is -0.186. The molecule has 1 saturated heterocycles. The topological polar surface area (TPSA) is 77.1 Å². The number of fused-ring (bicyclic) bond motifs is 1. The number of halogens is 3. The summed E-state index contributed by atoms with van der Waals surface area (Å²) in [5, 5.41) is 2.61. The smallest absolute Gasteiger partial charge is 0.471 e. The summed E-state index contributed by atoms with van der Waals surface area (Å²) in [7, 11) is 0. The van der Waals surface area contributed by atoms with E-state index in [1.165, 1.54) is 0 Å². The van der Waals surface area contributed by atoms with Crippen LogP contribution in [0.3, 0.4) is 0 Å². The Hall–Kier alpha value is -2.65. The summed E-state index contributed by atoms with van der Waals surface area (Å²) < 4.78 is 53.2. The van der Waals surface area contributed by atoms with Gasteiger partial charge in [-0.15, -0.1) is 0 Å². The summed E-state index contributed by atoms with van der Waals surface area (Å²) in [6.07, 6.45) is -5.06. The van der Waals surface area contributed by atoms with Crippen LogP contribution in [0.25, 0.3) is 0 Å². The maximum absolute atomic E-state index is 12.4. The number of ether oxygens (including phenoxy) is 3. The molecule has 7 nitrogen and oxygen atoms in total. The molecule has 3 rings (SSSR count). The molecule has 0 saturated carbocycles. The number of hydrogen-bond acceptors (Lipinski definition) is 5. The second kappa shape index (κ2) is 7.93. The van der Waals surface area contributed by atoms with Crippen LogP contribution in [0.1, 0.15) is 18.4 Å². The van der Waals surface area contributed by atoms with Crippen molar-refractivity contribution in [2.75, 3.05) is 26.3 Å². The fraction of sp³-hybridized carbons (Fsp3) is 0.529. The number of amides is 2. The van der Waals surface area contributed by atoms with Crippen LogP contribution in [-0.4, -0.2) is 55.4 Å². The highest BCUT2D eigenvalue weighted by molar-refractivity contribution is 5.82. The molecule has 2 aliphatic rings. The van der Waals surface area contributed by atoms with E-state index in [0.29, 0.717) is 24.7 Å². The van der Waals surface area contributed by atoms with Gasteiger partial charge < -0.3 is 24.4 Å². The summed E-state index contributed by atoms with van der Waals surface area (Å²) in [4.78, 5) is 23.8. The normalized spacial score (nSPS) is 17.4. The third kappa shape index (κ3) is 4.95. The lowest BCUT2D eigenvalue weighted by Gasteiger charge is -2.32. The molecule has 0 aromatic heterocycles. The molecule has 2 heterocycles. The number of nitrogens with one attached hydrogen (secondary N) is 1. The maximum atomic E-state index is 12.4. The molecule has 0 bridgehead atoms. The first kappa shape index (κ1) is 19.1. The molecule has 0 radical (unpaired) electrons. The fourth-order valence-corrected chi connectivity index (χ4v) is 2.94. The molecule has 1 aromatic carbocycles. The lowest BCUT2D eigenvalue weighted by Crippen LogP contribution is -2.50. The van der Waals surface area contributed by atoms with Gasteiger partial charge in [-0.1, -0.05) is 6.07 Å². The molecule has 2 aliphatic heterocycles. The average molecular weight is 388 g/mol. The van der Waals surface area contributed by atoms with Crippen LogP contribution in [0, 0.1) is 0 Å². The van der Waals surface area contributed by atoms with Gasteiger partial charge >= 0.3 is 18.2 Å². The van der Waals surface area contributed by atoms with Gasteiger partial charge in [0.25, 0.3) is 0 Å². The van der Waals surface area contributed by atoms with E-state index >= 15 is 0 Å². The molecular weight excluding hydrogens is 369 g/mol. The first-order valence-corrected chi connectivity index (χ1v) is 8.51. The van der Waals surface area contributed by atoms with E-state index in [1.54, 1.807) is 18.2 Å². The van der Waals surface area contributed by atoms with Crippen molar-refractivity contribution >= 4 is 12.0 Å². The molecule has 1 aromatic rings. The number of rotatable bonds is 3. The van der Waals surface area contributed by atoms with E-state index in [1.807, 2.05) is 0 Å². The maximum Gasteiger partial charge on any atom is 0.471 e. The molecule has 0 spiro atoms. The summed E-state index contributed by atoms with van der Waals surface area (Å²) in [6, 6.07) is 4.87. The number of piperidine rings is 1. The van der Waals surface area contributed by atoms with E-state index in [0.717, 1.165) is 10.5 Å². The van der Waals surface area contributed by atoms with Gasteiger partial charge in [0.2, 0.25) is 0 Å². The van der Waals surface area contributed by atoms with Gasteiger partial charge in [-0.2, -0.15) is 13.2 Å². The Balaban J connectivity index is 1.42. The van der Waals surface area contributed by atoms with Crippen LogP contribution < -0.4 is 14.8 Å². The van der Waals surface area contributed by atoms with Crippen LogP contribution >= 0.6 is 0 Å². The number of alkyl halides is 3. The number of likely N-dealkylation sites (tertiary alicyclic amines) is 1. The highest BCUT2D eigenvalue weighted by atomic mass is 19.4. The summed E-state index contributed by atoms with van der Waals surface area (Å²) in [5.74, 6) is -0.624. The van der Waals surface area contributed by atoms with Crippen molar-refractivity contribution in [3.8, 4) is 11.5 Å². The number of benzene rings is 1. The summed E-state index contributed by atoms with van der Waals surface area (Å²) in [6.45, 7) is 0.830. The Morgan fingerprint density at radius 1 is 1.15 bits per heavy atom.